The molecule has 2 heterocycles. The van der Waals surface area contributed by atoms with Gasteiger partial charge in [-0.05, 0) is 13.1 Å². The van der Waals surface area contributed by atoms with E-state index in [4.69, 9.17) is 4.74 Å². The lowest BCUT2D eigenvalue weighted by Gasteiger charge is -2.27. The molecule has 1 aromatic rings. The number of ether oxygens (including phenoxy) is 1. The van der Waals surface area contributed by atoms with Crippen molar-refractivity contribution in [2.45, 2.75) is 19.2 Å². The van der Waals surface area contributed by atoms with Gasteiger partial charge in [-0.3, -0.25) is 14.9 Å². The fourth-order valence-electron chi connectivity index (χ4n) is 2.24. The molecule has 0 spiro atoms. The molecule has 0 saturated carbocycles. The number of rotatable bonds is 5. The molecule has 0 bridgehead atoms. The Bertz CT molecular complexity index is 537. The third-order valence-electron chi connectivity index (χ3n) is 3.53. The molecule has 1 aliphatic heterocycles. The minimum absolute atomic E-state index is 0.0183. The average Bonchev–Trinajstić information content (AvgIpc) is 2.53. The lowest BCUT2D eigenvalue weighted by atomic mass is 10.2. The van der Waals surface area contributed by atoms with Gasteiger partial charge in [0.2, 0.25) is 5.91 Å². The highest BCUT2D eigenvalue weighted by molar-refractivity contribution is 5.76. The topological polar surface area (TPSA) is 83.8 Å². The van der Waals surface area contributed by atoms with Gasteiger partial charge in [0.25, 0.3) is 5.56 Å². The van der Waals surface area contributed by atoms with Crippen LogP contribution in [0.3, 0.4) is 0 Å². The fraction of sp³-hybridized carbons (Fsp3) is 0.571. The van der Waals surface area contributed by atoms with Gasteiger partial charge in [0, 0.05) is 43.9 Å². The number of nitrogens with one attached hydrogen (secondary N) is 1. The molecule has 21 heavy (non-hydrogen) atoms. The van der Waals surface area contributed by atoms with E-state index >= 15 is 0 Å². The molecule has 7 heteroatoms. The van der Waals surface area contributed by atoms with Crippen molar-refractivity contribution < 1.29 is 14.6 Å². The molecule has 1 fully saturated rings. The Morgan fingerprint density at radius 3 is 2.81 bits per heavy atom. The second-order valence-electron chi connectivity index (χ2n) is 4.93. The van der Waals surface area contributed by atoms with Crippen LogP contribution in [0, 0.1) is 0 Å². The molecule has 1 aromatic heterocycles. The van der Waals surface area contributed by atoms with Crippen LogP contribution < -0.4 is 10.9 Å². The van der Waals surface area contributed by atoms with Gasteiger partial charge in [-0.15, -0.1) is 0 Å². The molecule has 7 nitrogen and oxygen atoms in total. The summed E-state index contributed by atoms with van der Waals surface area (Å²) in [4.78, 5) is 25.6. The second kappa shape index (κ2) is 7.35. The smallest absolute Gasteiger partial charge is 0.250 e. The van der Waals surface area contributed by atoms with Crippen LogP contribution in [0.25, 0.3) is 0 Å². The van der Waals surface area contributed by atoms with Crippen molar-refractivity contribution in [1.82, 2.24) is 14.8 Å². The Balaban J connectivity index is 1.98. The first-order valence-corrected chi connectivity index (χ1v) is 7.03. The number of nitrogens with zero attached hydrogens (tertiary/aromatic N) is 2. The highest BCUT2D eigenvalue weighted by Crippen LogP contribution is 2.07. The molecule has 2 N–H and O–H groups in total. The molecule has 1 unspecified atom stereocenters. The van der Waals surface area contributed by atoms with E-state index in [-0.39, 0.29) is 17.9 Å². The molecule has 1 amide bonds. The van der Waals surface area contributed by atoms with Crippen molar-refractivity contribution in [1.29, 1.82) is 0 Å². The van der Waals surface area contributed by atoms with E-state index in [1.807, 2.05) is 0 Å². The zero-order chi connectivity index (χ0) is 15.2. The summed E-state index contributed by atoms with van der Waals surface area (Å²) in [5.74, 6) is 0.0183. The van der Waals surface area contributed by atoms with Crippen LogP contribution >= 0.6 is 0 Å². The number of amides is 1. The Morgan fingerprint density at radius 2 is 2.14 bits per heavy atom. The summed E-state index contributed by atoms with van der Waals surface area (Å²) in [6, 6.07) is 2.97. The molecule has 116 valence electrons. The molecule has 1 saturated heterocycles. The van der Waals surface area contributed by atoms with Crippen LogP contribution in [0.2, 0.25) is 0 Å². The predicted molar refractivity (Wildman–Crippen MR) is 76.7 cm³/mol. The van der Waals surface area contributed by atoms with E-state index in [0.29, 0.717) is 38.4 Å². The predicted octanol–water partition coefficient (Wildman–Crippen LogP) is -0.692. The summed E-state index contributed by atoms with van der Waals surface area (Å²) in [5.41, 5.74) is 0.410. The summed E-state index contributed by atoms with van der Waals surface area (Å²) in [7, 11) is 1.63. The van der Waals surface area contributed by atoms with Crippen molar-refractivity contribution in [2.75, 3.05) is 33.4 Å². The van der Waals surface area contributed by atoms with Gasteiger partial charge in [-0.1, -0.05) is 0 Å². The number of aromatic nitrogens is 1. The zero-order valence-electron chi connectivity index (χ0n) is 12.1. The second-order valence-corrected chi connectivity index (χ2v) is 4.93. The first kappa shape index (κ1) is 15.7. The van der Waals surface area contributed by atoms with Crippen molar-refractivity contribution in [3.05, 3.63) is 34.2 Å². The van der Waals surface area contributed by atoms with E-state index in [0.717, 1.165) is 0 Å². The first-order chi connectivity index (χ1) is 10.1. The van der Waals surface area contributed by atoms with Gasteiger partial charge < -0.3 is 19.3 Å². The van der Waals surface area contributed by atoms with E-state index < -0.39 is 6.23 Å². The zero-order valence-corrected chi connectivity index (χ0v) is 12.1. The number of pyridine rings is 1. The number of carbonyl (C=O) groups excluding carboxylic acids is 1. The molecule has 0 radical (unpaired) electrons. The van der Waals surface area contributed by atoms with Crippen LogP contribution in [-0.2, 0) is 16.1 Å². The molecule has 1 aliphatic rings. The minimum Gasteiger partial charge on any atom is -0.378 e. The minimum atomic E-state index is -0.827. The highest BCUT2D eigenvalue weighted by atomic mass is 16.5. The largest absolute Gasteiger partial charge is 0.378 e. The Labute approximate surface area is 123 Å². The number of carbonyl (C=O) groups is 1. The normalized spacial score (nSPS) is 16.8. The summed E-state index contributed by atoms with van der Waals surface area (Å²) < 4.78 is 6.65. The number of aryl methyl sites for hydroxylation is 1. The van der Waals surface area contributed by atoms with Gasteiger partial charge in [0.15, 0.2) is 0 Å². The SMILES string of the molecule is CNC(O)c1ccc(=O)n(CCC(=O)N2CCOCC2)c1. The van der Waals surface area contributed by atoms with Gasteiger partial charge in [-0.2, -0.15) is 0 Å². The molecule has 0 aromatic carbocycles. The third-order valence-corrected chi connectivity index (χ3v) is 3.53. The maximum absolute atomic E-state index is 12.1. The number of hydrogen-bond donors (Lipinski definition) is 2. The van der Waals surface area contributed by atoms with Crippen LogP contribution in [0.5, 0.6) is 0 Å². The van der Waals surface area contributed by atoms with Crippen molar-refractivity contribution in [3.8, 4) is 0 Å². The van der Waals surface area contributed by atoms with Gasteiger partial charge in [0.1, 0.15) is 6.23 Å². The van der Waals surface area contributed by atoms with E-state index in [1.54, 1.807) is 24.2 Å². The van der Waals surface area contributed by atoms with Crippen LogP contribution in [0.4, 0.5) is 0 Å². The summed E-state index contributed by atoms with van der Waals surface area (Å²) in [6.07, 6.45) is 1.02. The van der Waals surface area contributed by atoms with E-state index in [1.165, 1.54) is 10.6 Å². The Kier molecular flexibility index (Phi) is 5.49. The maximum Gasteiger partial charge on any atom is 0.250 e. The van der Waals surface area contributed by atoms with Crippen LogP contribution in [0.15, 0.2) is 23.1 Å². The number of aliphatic hydroxyl groups excluding tert-OH is 1. The third kappa shape index (κ3) is 4.13. The fourth-order valence-corrected chi connectivity index (χ4v) is 2.24. The van der Waals surface area contributed by atoms with E-state index in [9.17, 15) is 14.7 Å². The molecular weight excluding hydrogens is 274 g/mol. The van der Waals surface area contributed by atoms with Crippen molar-refractivity contribution in [3.63, 3.8) is 0 Å². The monoisotopic (exact) mass is 295 g/mol. The van der Waals surface area contributed by atoms with E-state index in [2.05, 4.69) is 5.32 Å². The number of morpholine rings is 1. The molecule has 1 atom stereocenters. The average molecular weight is 295 g/mol. The first-order valence-electron chi connectivity index (χ1n) is 7.03. The molecular formula is C14H21N3O4. The lowest BCUT2D eigenvalue weighted by molar-refractivity contribution is -0.135. The summed E-state index contributed by atoms with van der Waals surface area (Å²) >= 11 is 0. The van der Waals surface area contributed by atoms with Gasteiger partial charge in [-0.25, -0.2) is 0 Å². The standard InChI is InChI=1S/C14H21N3O4/c1-15-14(20)11-2-3-12(18)17(10-11)5-4-13(19)16-6-8-21-9-7-16/h2-3,10,14-15,20H,4-9H2,1H3. The highest BCUT2D eigenvalue weighted by Gasteiger charge is 2.16. The lowest BCUT2D eigenvalue weighted by Crippen LogP contribution is -2.41. The molecule has 2 rings (SSSR count). The van der Waals surface area contributed by atoms with Gasteiger partial charge >= 0.3 is 0 Å². The Morgan fingerprint density at radius 1 is 1.43 bits per heavy atom. The van der Waals surface area contributed by atoms with Crippen LogP contribution in [0.1, 0.15) is 18.2 Å². The van der Waals surface area contributed by atoms with Crippen LogP contribution in [-0.4, -0.2) is 53.8 Å². The quantitative estimate of drug-likeness (QED) is 0.702. The number of hydrogen-bond acceptors (Lipinski definition) is 5. The Hall–Kier alpha value is -1.70. The van der Waals surface area contributed by atoms with Crippen molar-refractivity contribution in [2.24, 2.45) is 0 Å². The summed E-state index contributed by atoms with van der Waals surface area (Å²) in [6.45, 7) is 2.64. The molecule has 0 aliphatic carbocycles. The van der Waals surface area contributed by atoms with Gasteiger partial charge in [0.05, 0.1) is 13.2 Å². The number of aliphatic hydroxyl groups is 1. The summed E-state index contributed by atoms with van der Waals surface area (Å²) in [5, 5.41) is 12.4. The van der Waals surface area contributed by atoms with Crippen molar-refractivity contribution >= 4 is 5.91 Å². The maximum atomic E-state index is 12.1.